The van der Waals surface area contributed by atoms with Gasteiger partial charge in [-0.2, -0.15) is 0 Å². The summed E-state index contributed by atoms with van der Waals surface area (Å²) in [6.45, 7) is 3.32. The summed E-state index contributed by atoms with van der Waals surface area (Å²) in [5.74, 6) is -1.02. The summed E-state index contributed by atoms with van der Waals surface area (Å²) in [7, 11) is 0. The van der Waals surface area contributed by atoms with Crippen molar-refractivity contribution in [2.24, 2.45) is 0 Å². The first-order valence-corrected chi connectivity index (χ1v) is 9.66. The average Bonchev–Trinajstić information content (AvgIpc) is 3.21. The lowest BCUT2D eigenvalue weighted by atomic mass is 10.1. The number of carbonyl (C=O) groups is 2. The minimum atomic E-state index is -0.853. The molecule has 2 amide bonds. The van der Waals surface area contributed by atoms with Gasteiger partial charge in [-0.05, 0) is 30.3 Å². The molecule has 2 aromatic rings. The smallest absolute Gasteiger partial charge is 0.256 e. The van der Waals surface area contributed by atoms with Crippen molar-refractivity contribution in [2.45, 2.75) is 0 Å². The van der Waals surface area contributed by atoms with E-state index in [1.165, 1.54) is 6.07 Å². The van der Waals surface area contributed by atoms with Crippen molar-refractivity contribution in [1.82, 2.24) is 15.1 Å². The predicted molar refractivity (Wildman–Crippen MR) is 104 cm³/mol. The third kappa shape index (κ3) is 4.35. The number of amides is 2. The largest absolute Gasteiger partial charge is 0.454 e. The number of rotatable bonds is 5. The lowest BCUT2D eigenvalue weighted by molar-refractivity contribution is 0.0633. The van der Waals surface area contributed by atoms with E-state index in [2.05, 4.69) is 10.2 Å². The summed E-state index contributed by atoms with van der Waals surface area (Å²) in [5.41, 5.74) is 0.372. The highest BCUT2D eigenvalue weighted by atomic mass is 19.1. The number of nitrogens with one attached hydrogen (secondary N) is 1. The standard InChI is InChI=1S/C21H21F2N3O4/c22-15-2-3-16(17(23)12-15)21(28)26-9-7-25(8-10-26)6-5-24-20(27)14-1-4-18-19(11-14)30-13-29-18/h1-4,11-12H,5-10,13H2,(H,24,27). The van der Waals surface area contributed by atoms with Crippen molar-refractivity contribution in [1.29, 1.82) is 0 Å². The van der Waals surface area contributed by atoms with Crippen LogP contribution in [-0.4, -0.2) is 67.7 Å². The van der Waals surface area contributed by atoms with E-state index in [1.54, 1.807) is 23.1 Å². The molecule has 4 rings (SSSR count). The number of hydrogen-bond acceptors (Lipinski definition) is 5. The Bertz CT molecular complexity index is 961. The molecule has 2 aromatic carbocycles. The lowest BCUT2D eigenvalue weighted by Gasteiger charge is -2.34. The fourth-order valence-corrected chi connectivity index (χ4v) is 3.48. The van der Waals surface area contributed by atoms with Crippen LogP contribution in [0.25, 0.3) is 0 Å². The van der Waals surface area contributed by atoms with Gasteiger partial charge < -0.3 is 19.7 Å². The Balaban J connectivity index is 1.22. The molecule has 9 heteroatoms. The zero-order chi connectivity index (χ0) is 21.1. The zero-order valence-corrected chi connectivity index (χ0v) is 16.2. The van der Waals surface area contributed by atoms with E-state index in [1.807, 2.05) is 0 Å². The van der Waals surface area contributed by atoms with Crippen molar-refractivity contribution in [3.63, 3.8) is 0 Å². The third-order valence-electron chi connectivity index (χ3n) is 5.17. The SMILES string of the molecule is O=C(NCCN1CCN(C(=O)c2ccc(F)cc2F)CC1)c1ccc2c(c1)OCO2. The molecule has 0 aromatic heterocycles. The zero-order valence-electron chi connectivity index (χ0n) is 16.2. The van der Waals surface area contributed by atoms with E-state index in [9.17, 15) is 18.4 Å². The summed E-state index contributed by atoms with van der Waals surface area (Å²) in [5, 5.41) is 2.87. The van der Waals surface area contributed by atoms with Gasteiger partial charge in [-0.1, -0.05) is 0 Å². The van der Waals surface area contributed by atoms with Gasteiger partial charge in [0.1, 0.15) is 11.6 Å². The summed E-state index contributed by atoms with van der Waals surface area (Å²) in [6, 6.07) is 8.00. The first kappa shape index (κ1) is 20.1. The van der Waals surface area contributed by atoms with Gasteiger partial charge in [-0.25, -0.2) is 8.78 Å². The molecular weight excluding hydrogens is 396 g/mol. The molecule has 2 heterocycles. The number of halogens is 2. The maximum Gasteiger partial charge on any atom is 0.256 e. The average molecular weight is 417 g/mol. The fourth-order valence-electron chi connectivity index (χ4n) is 3.48. The second-order valence-corrected chi connectivity index (χ2v) is 7.08. The van der Waals surface area contributed by atoms with Crippen LogP contribution in [0, 0.1) is 11.6 Å². The van der Waals surface area contributed by atoms with Crippen molar-refractivity contribution in [3.8, 4) is 11.5 Å². The number of piperazine rings is 1. The molecule has 0 atom stereocenters. The maximum absolute atomic E-state index is 13.8. The van der Waals surface area contributed by atoms with Gasteiger partial charge in [0.15, 0.2) is 11.5 Å². The molecule has 2 aliphatic heterocycles. The van der Waals surface area contributed by atoms with E-state index in [0.29, 0.717) is 62.4 Å². The Hall–Kier alpha value is -3.20. The van der Waals surface area contributed by atoms with Gasteiger partial charge in [0.2, 0.25) is 6.79 Å². The Morgan fingerprint density at radius 3 is 2.50 bits per heavy atom. The van der Waals surface area contributed by atoms with Crippen LogP contribution in [0.3, 0.4) is 0 Å². The second kappa shape index (κ2) is 8.66. The summed E-state index contributed by atoms with van der Waals surface area (Å²) >= 11 is 0. The molecule has 0 aliphatic carbocycles. The Morgan fingerprint density at radius 1 is 0.967 bits per heavy atom. The highest BCUT2D eigenvalue weighted by molar-refractivity contribution is 5.95. The molecule has 0 spiro atoms. The predicted octanol–water partition coefficient (Wildman–Crippen LogP) is 1.88. The molecule has 158 valence electrons. The van der Waals surface area contributed by atoms with E-state index >= 15 is 0 Å². The van der Waals surface area contributed by atoms with Crippen LogP contribution in [-0.2, 0) is 0 Å². The molecule has 2 aliphatic rings. The first-order valence-electron chi connectivity index (χ1n) is 9.66. The number of fused-ring (bicyclic) bond motifs is 1. The number of benzene rings is 2. The Kier molecular flexibility index (Phi) is 5.80. The summed E-state index contributed by atoms with van der Waals surface area (Å²) < 4.78 is 37.4. The number of ether oxygens (including phenoxy) is 2. The number of hydrogen-bond donors (Lipinski definition) is 1. The molecule has 1 saturated heterocycles. The van der Waals surface area contributed by atoms with Crippen LogP contribution >= 0.6 is 0 Å². The third-order valence-corrected chi connectivity index (χ3v) is 5.17. The van der Waals surface area contributed by atoms with Gasteiger partial charge in [-0.15, -0.1) is 0 Å². The summed E-state index contributed by atoms with van der Waals surface area (Å²) in [4.78, 5) is 28.4. The van der Waals surface area contributed by atoms with E-state index in [4.69, 9.17) is 9.47 Å². The van der Waals surface area contributed by atoms with Crippen LogP contribution in [0.1, 0.15) is 20.7 Å². The molecule has 0 radical (unpaired) electrons. The van der Waals surface area contributed by atoms with Gasteiger partial charge in [0.25, 0.3) is 11.8 Å². The minimum absolute atomic E-state index is 0.124. The van der Waals surface area contributed by atoms with Crippen molar-refractivity contribution in [2.75, 3.05) is 46.1 Å². The van der Waals surface area contributed by atoms with Crippen LogP contribution in [0.2, 0.25) is 0 Å². The normalized spacial score (nSPS) is 15.9. The first-order chi connectivity index (χ1) is 14.5. The van der Waals surface area contributed by atoms with Crippen LogP contribution < -0.4 is 14.8 Å². The highest BCUT2D eigenvalue weighted by Crippen LogP contribution is 2.32. The van der Waals surface area contributed by atoms with Crippen LogP contribution in [0.15, 0.2) is 36.4 Å². The fraction of sp³-hybridized carbons (Fsp3) is 0.333. The Morgan fingerprint density at radius 2 is 1.73 bits per heavy atom. The molecule has 1 fully saturated rings. The second-order valence-electron chi connectivity index (χ2n) is 7.08. The van der Waals surface area contributed by atoms with Crippen molar-refractivity contribution < 1.29 is 27.8 Å². The van der Waals surface area contributed by atoms with E-state index < -0.39 is 17.5 Å². The maximum atomic E-state index is 13.8. The van der Waals surface area contributed by atoms with Crippen molar-refractivity contribution in [3.05, 3.63) is 59.2 Å². The van der Waals surface area contributed by atoms with E-state index in [-0.39, 0.29) is 18.3 Å². The molecule has 0 saturated carbocycles. The lowest BCUT2D eigenvalue weighted by Crippen LogP contribution is -2.50. The van der Waals surface area contributed by atoms with Crippen molar-refractivity contribution >= 4 is 11.8 Å². The minimum Gasteiger partial charge on any atom is -0.454 e. The van der Waals surface area contributed by atoms with Gasteiger partial charge in [-0.3, -0.25) is 14.5 Å². The molecule has 0 unspecified atom stereocenters. The molecule has 1 N–H and O–H groups in total. The van der Waals surface area contributed by atoms with E-state index in [0.717, 1.165) is 6.07 Å². The van der Waals surface area contributed by atoms with Crippen LogP contribution in [0.5, 0.6) is 11.5 Å². The topological polar surface area (TPSA) is 71.1 Å². The quantitative estimate of drug-likeness (QED) is 0.805. The monoisotopic (exact) mass is 417 g/mol. The number of nitrogens with zero attached hydrogens (tertiary/aromatic N) is 2. The van der Waals surface area contributed by atoms with Gasteiger partial charge >= 0.3 is 0 Å². The highest BCUT2D eigenvalue weighted by Gasteiger charge is 2.24. The molecular formula is C21H21F2N3O4. The van der Waals surface area contributed by atoms with Gasteiger partial charge in [0, 0.05) is 50.9 Å². The van der Waals surface area contributed by atoms with Gasteiger partial charge in [0.05, 0.1) is 5.56 Å². The number of carbonyl (C=O) groups excluding carboxylic acids is 2. The molecule has 0 bridgehead atoms. The Labute approximate surface area is 172 Å². The van der Waals surface area contributed by atoms with Crippen LogP contribution in [0.4, 0.5) is 8.78 Å². The molecule has 7 nitrogen and oxygen atoms in total. The summed E-state index contributed by atoms with van der Waals surface area (Å²) in [6.07, 6.45) is 0. The molecule has 30 heavy (non-hydrogen) atoms.